The van der Waals surface area contributed by atoms with Gasteiger partial charge in [0, 0.05) is 10.00 Å². The molecule has 0 aliphatic heterocycles. The van der Waals surface area contributed by atoms with Crippen molar-refractivity contribution < 1.29 is 9.53 Å². The molecule has 4 heteroatoms. The fraction of sp³-hybridized carbons (Fsp3) is 0.909. The number of ether oxygens (including phenoxy) is 1. The molecular weight excluding hydrogens is 210 g/mol. The first kappa shape index (κ1) is 12.7. The monoisotopic (exact) mass is 231 g/mol. The van der Waals surface area contributed by atoms with Crippen LogP contribution in [0.15, 0.2) is 0 Å². The van der Waals surface area contributed by atoms with Crippen LogP contribution in [0.25, 0.3) is 0 Å². The van der Waals surface area contributed by atoms with Crippen LogP contribution in [0.3, 0.4) is 0 Å². The largest absolute Gasteiger partial charge is 0.446 e. The van der Waals surface area contributed by atoms with Gasteiger partial charge in [-0.25, -0.2) is 4.79 Å². The van der Waals surface area contributed by atoms with Gasteiger partial charge in [-0.1, -0.05) is 20.8 Å². The van der Waals surface area contributed by atoms with Crippen LogP contribution in [0.1, 0.15) is 46.5 Å². The van der Waals surface area contributed by atoms with Crippen molar-refractivity contribution in [1.82, 2.24) is 0 Å². The van der Waals surface area contributed by atoms with Crippen molar-refractivity contribution in [2.75, 3.05) is 0 Å². The molecule has 0 heterocycles. The van der Waals surface area contributed by atoms with Gasteiger partial charge < -0.3 is 10.5 Å². The highest BCUT2D eigenvalue weighted by Crippen LogP contribution is 2.36. The van der Waals surface area contributed by atoms with Gasteiger partial charge in [0.25, 0.3) is 0 Å². The molecule has 1 fully saturated rings. The van der Waals surface area contributed by atoms with Gasteiger partial charge >= 0.3 is 6.09 Å². The second-order valence-corrected chi connectivity index (χ2v) is 7.19. The van der Waals surface area contributed by atoms with Crippen molar-refractivity contribution in [3.8, 4) is 0 Å². The standard InChI is InChI=1S/C11H21NO2S/c1-11(2,3)15-9-6-4-8(5-7-9)14-10(12)13/h8-9H,4-7H2,1-3H3,(H2,12,13). The van der Waals surface area contributed by atoms with Crippen LogP contribution < -0.4 is 5.73 Å². The van der Waals surface area contributed by atoms with Crippen molar-refractivity contribution in [3.05, 3.63) is 0 Å². The van der Waals surface area contributed by atoms with Crippen LogP contribution >= 0.6 is 11.8 Å². The molecule has 0 aromatic rings. The lowest BCUT2D eigenvalue weighted by Crippen LogP contribution is -2.29. The van der Waals surface area contributed by atoms with Crippen molar-refractivity contribution in [2.24, 2.45) is 5.73 Å². The Hall–Kier alpha value is -0.380. The molecule has 0 spiro atoms. The fourth-order valence-electron chi connectivity index (χ4n) is 1.93. The number of hydrogen-bond acceptors (Lipinski definition) is 3. The summed E-state index contributed by atoms with van der Waals surface area (Å²) in [7, 11) is 0. The third-order valence-electron chi connectivity index (χ3n) is 2.42. The number of rotatable bonds is 2. The van der Waals surface area contributed by atoms with Crippen LogP contribution in [-0.2, 0) is 4.74 Å². The zero-order valence-corrected chi connectivity index (χ0v) is 10.6. The van der Waals surface area contributed by atoms with E-state index < -0.39 is 6.09 Å². The molecular formula is C11H21NO2S. The third kappa shape index (κ3) is 5.30. The van der Waals surface area contributed by atoms with E-state index in [2.05, 4.69) is 20.8 Å². The fourth-order valence-corrected chi connectivity index (χ4v) is 3.44. The van der Waals surface area contributed by atoms with Gasteiger partial charge in [-0.3, -0.25) is 0 Å². The van der Waals surface area contributed by atoms with Crippen LogP contribution in [0.2, 0.25) is 0 Å². The first-order valence-electron chi connectivity index (χ1n) is 5.51. The summed E-state index contributed by atoms with van der Waals surface area (Å²) in [4.78, 5) is 10.6. The average Bonchev–Trinajstić information content (AvgIpc) is 2.05. The van der Waals surface area contributed by atoms with E-state index in [1.807, 2.05) is 11.8 Å². The molecule has 15 heavy (non-hydrogen) atoms. The minimum atomic E-state index is -0.637. The Bertz CT molecular complexity index is 217. The zero-order chi connectivity index (χ0) is 11.5. The van der Waals surface area contributed by atoms with Crippen LogP contribution in [0.4, 0.5) is 4.79 Å². The molecule has 0 bridgehead atoms. The second-order valence-electron chi connectivity index (χ2n) is 5.07. The molecule has 0 aromatic carbocycles. The third-order valence-corrected chi connectivity index (χ3v) is 3.94. The van der Waals surface area contributed by atoms with Crippen molar-refractivity contribution in [1.29, 1.82) is 0 Å². The summed E-state index contributed by atoms with van der Waals surface area (Å²) in [6.45, 7) is 6.72. The number of thioether (sulfide) groups is 1. The molecule has 1 rings (SSSR count). The first-order valence-corrected chi connectivity index (χ1v) is 6.39. The Morgan fingerprint density at radius 1 is 1.27 bits per heavy atom. The lowest BCUT2D eigenvalue weighted by atomic mass is 9.97. The van der Waals surface area contributed by atoms with E-state index >= 15 is 0 Å². The maximum atomic E-state index is 10.6. The number of amides is 1. The number of nitrogens with two attached hydrogens (primary N) is 1. The molecule has 1 amide bonds. The number of primary amides is 1. The molecule has 88 valence electrons. The first-order chi connectivity index (χ1) is 6.87. The van der Waals surface area contributed by atoms with E-state index in [0.29, 0.717) is 10.00 Å². The molecule has 1 aliphatic rings. The summed E-state index contributed by atoms with van der Waals surface area (Å²) in [5.41, 5.74) is 4.99. The molecule has 1 aliphatic carbocycles. The second kappa shape index (κ2) is 5.10. The van der Waals surface area contributed by atoms with Gasteiger partial charge in [0.1, 0.15) is 6.10 Å². The van der Waals surface area contributed by atoms with E-state index in [9.17, 15) is 4.79 Å². The van der Waals surface area contributed by atoms with Crippen molar-refractivity contribution in [2.45, 2.75) is 62.6 Å². The van der Waals surface area contributed by atoms with E-state index in [0.717, 1.165) is 25.7 Å². The van der Waals surface area contributed by atoms with Crippen molar-refractivity contribution >= 4 is 17.9 Å². The summed E-state index contributed by atoms with van der Waals surface area (Å²) in [5.74, 6) is 0. The molecule has 3 nitrogen and oxygen atoms in total. The summed E-state index contributed by atoms with van der Waals surface area (Å²) in [6.07, 6.45) is 3.58. The van der Waals surface area contributed by atoms with Gasteiger partial charge in [-0.2, -0.15) is 11.8 Å². The Kier molecular flexibility index (Phi) is 4.32. The van der Waals surface area contributed by atoms with Gasteiger partial charge in [0.05, 0.1) is 0 Å². The zero-order valence-electron chi connectivity index (χ0n) is 9.79. The Morgan fingerprint density at radius 3 is 2.20 bits per heavy atom. The normalized spacial score (nSPS) is 27.4. The van der Waals surface area contributed by atoms with E-state index in [-0.39, 0.29) is 6.10 Å². The lowest BCUT2D eigenvalue weighted by Gasteiger charge is -2.31. The van der Waals surface area contributed by atoms with Gasteiger partial charge in [-0.15, -0.1) is 0 Å². The molecule has 0 saturated heterocycles. The maximum Gasteiger partial charge on any atom is 0.404 e. The highest BCUT2D eigenvalue weighted by molar-refractivity contribution is 8.01. The van der Waals surface area contributed by atoms with Gasteiger partial charge in [0.2, 0.25) is 0 Å². The van der Waals surface area contributed by atoms with E-state index in [1.165, 1.54) is 0 Å². The predicted molar refractivity (Wildman–Crippen MR) is 64.1 cm³/mol. The smallest absolute Gasteiger partial charge is 0.404 e. The van der Waals surface area contributed by atoms with E-state index in [4.69, 9.17) is 10.5 Å². The van der Waals surface area contributed by atoms with Crippen LogP contribution in [0.5, 0.6) is 0 Å². The van der Waals surface area contributed by atoms with Crippen molar-refractivity contribution in [3.63, 3.8) is 0 Å². The minimum Gasteiger partial charge on any atom is -0.446 e. The molecule has 0 unspecified atom stereocenters. The topological polar surface area (TPSA) is 52.3 Å². The minimum absolute atomic E-state index is 0.0549. The Balaban J connectivity index is 2.27. The molecule has 0 radical (unpaired) electrons. The summed E-state index contributed by atoms with van der Waals surface area (Å²) in [6, 6.07) is 0. The van der Waals surface area contributed by atoms with Gasteiger partial charge in [-0.05, 0) is 25.7 Å². The predicted octanol–water partition coefficient (Wildman–Crippen LogP) is 2.92. The molecule has 2 N–H and O–H groups in total. The average molecular weight is 231 g/mol. The highest BCUT2D eigenvalue weighted by atomic mass is 32.2. The number of carbonyl (C=O) groups excluding carboxylic acids is 1. The molecule has 1 saturated carbocycles. The molecule has 0 aromatic heterocycles. The van der Waals surface area contributed by atoms with Crippen LogP contribution in [-0.4, -0.2) is 22.2 Å². The Labute approximate surface area is 96.1 Å². The SMILES string of the molecule is CC(C)(C)SC1CCC(OC(N)=O)CC1. The highest BCUT2D eigenvalue weighted by Gasteiger charge is 2.26. The number of carbonyl (C=O) groups is 1. The molecule has 0 atom stereocenters. The summed E-state index contributed by atoms with van der Waals surface area (Å²) in [5, 5.41) is 0.706. The number of hydrogen-bond donors (Lipinski definition) is 1. The summed E-state index contributed by atoms with van der Waals surface area (Å²) >= 11 is 2.03. The lowest BCUT2D eigenvalue weighted by molar-refractivity contribution is 0.0839. The van der Waals surface area contributed by atoms with Crippen LogP contribution in [0, 0.1) is 0 Å². The maximum absolute atomic E-state index is 10.6. The van der Waals surface area contributed by atoms with Gasteiger partial charge in [0.15, 0.2) is 0 Å². The quantitative estimate of drug-likeness (QED) is 0.795. The summed E-state index contributed by atoms with van der Waals surface area (Å²) < 4.78 is 5.32. The van der Waals surface area contributed by atoms with E-state index in [1.54, 1.807) is 0 Å². The Morgan fingerprint density at radius 2 is 1.80 bits per heavy atom.